The van der Waals surface area contributed by atoms with Crippen molar-refractivity contribution in [3.8, 4) is 0 Å². The molecule has 0 spiro atoms. The van der Waals surface area contributed by atoms with Crippen LogP contribution >= 0.6 is 0 Å². The van der Waals surface area contributed by atoms with Crippen LogP contribution in [0, 0.1) is 11.8 Å². The summed E-state index contributed by atoms with van der Waals surface area (Å²) in [5.74, 6) is 0.550. The molecule has 0 aromatic carbocycles. The van der Waals surface area contributed by atoms with Gasteiger partial charge in [-0.05, 0) is 31.7 Å². The summed E-state index contributed by atoms with van der Waals surface area (Å²) < 4.78 is 12.7. The molecule has 0 aromatic heterocycles. The maximum atomic E-state index is 12.7. The third-order valence-electron chi connectivity index (χ3n) is 1.95. The minimum Gasteiger partial charge on any atom is -0.330 e. The maximum Gasteiger partial charge on any atom is 0.100 e. The van der Waals surface area contributed by atoms with Crippen LogP contribution in [-0.2, 0) is 0 Å². The summed E-state index contributed by atoms with van der Waals surface area (Å²) in [6.45, 7) is 6.28. The van der Waals surface area contributed by atoms with E-state index in [2.05, 4.69) is 0 Å². The van der Waals surface area contributed by atoms with Crippen LogP contribution in [-0.4, -0.2) is 12.7 Å². The van der Waals surface area contributed by atoms with E-state index >= 15 is 0 Å². The SMILES string of the molecule is CC(C)C(CCN)C(C)F. The molecule has 0 bridgehead atoms. The Balaban J connectivity index is 3.73. The molecule has 2 unspecified atom stereocenters. The lowest BCUT2D eigenvalue weighted by Crippen LogP contribution is -2.22. The van der Waals surface area contributed by atoms with Crippen LogP contribution in [0.3, 0.4) is 0 Å². The minimum absolute atomic E-state index is 0.144. The van der Waals surface area contributed by atoms with Crippen molar-refractivity contribution in [2.24, 2.45) is 17.6 Å². The molecule has 0 aliphatic carbocycles. The number of nitrogens with two attached hydrogens (primary N) is 1. The zero-order chi connectivity index (χ0) is 8.15. The third-order valence-corrected chi connectivity index (χ3v) is 1.95. The molecule has 62 valence electrons. The average Bonchev–Trinajstić information content (AvgIpc) is 1.81. The molecule has 0 amide bonds. The van der Waals surface area contributed by atoms with Crippen molar-refractivity contribution in [1.29, 1.82) is 0 Å². The van der Waals surface area contributed by atoms with Gasteiger partial charge in [0.1, 0.15) is 6.17 Å². The molecular weight excluding hydrogens is 129 g/mol. The monoisotopic (exact) mass is 147 g/mol. The molecule has 2 N–H and O–H groups in total. The van der Waals surface area contributed by atoms with E-state index in [0.717, 1.165) is 6.42 Å². The van der Waals surface area contributed by atoms with Gasteiger partial charge in [0, 0.05) is 0 Å². The molecule has 0 aliphatic heterocycles. The van der Waals surface area contributed by atoms with Crippen LogP contribution in [0.2, 0.25) is 0 Å². The molecule has 0 aromatic rings. The number of rotatable bonds is 4. The largest absolute Gasteiger partial charge is 0.330 e. The Hall–Kier alpha value is -0.110. The standard InChI is InChI=1S/C8H18FN/c1-6(2)8(4-5-10)7(3)9/h6-8H,4-5,10H2,1-3H3. The molecular formula is C8H18FN. The van der Waals surface area contributed by atoms with Gasteiger partial charge in [-0.3, -0.25) is 0 Å². The van der Waals surface area contributed by atoms with Crippen molar-refractivity contribution >= 4 is 0 Å². The summed E-state index contributed by atoms with van der Waals surface area (Å²) in [4.78, 5) is 0. The second-order valence-corrected chi connectivity index (χ2v) is 3.16. The Bertz CT molecular complexity index is 73.3. The summed E-state index contributed by atoms with van der Waals surface area (Å²) in [6, 6.07) is 0. The quantitative estimate of drug-likeness (QED) is 0.646. The van der Waals surface area contributed by atoms with Crippen molar-refractivity contribution in [2.45, 2.75) is 33.4 Å². The fraction of sp³-hybridized carbons (Fsp3) is 1.00. The summed E-state index contributed by atoms with van der Waals surface area (Å²) >= 11 is 0. The van der Waals surface area contributed by atoms with Crippen molar-refractivity contribution in [3.05, 3.63) is 0 Å². The fourth-order valence-corrected chi connectivity index (χ4v) is 1.29. The number of hydrogen-bond donors (Lipinski definition) is 1. The highest BCUT2D eigenvalue weighted by Gasteiger charge is 2.18. The van der Waals surface area contributed by atoms with Gasteiger partial charge in [0.2, 0.25) is 0 Å². The van der Waals surface area contributed by atoms with E-state index in [9.17, 15) is 4.39 Å². The van der Waals surface area contributed by atoms with E-state index < -0.39 is 6.17 Å². The molecule has 2 atom stereocenters. The first kappa shape index (κ1) is 9.89. The van der Waals surface area contributed by atoms with Gasteiger partial charge < -0.3 is 5.73 Å². The highest BCUT2D eigenvalue weighted by Crippen LogP contribution is 2.20. The first-order valence-corrected chi connectivity index (χ1v) is 3.93. The molecule has 0 saturated carbocycles. The van der Waals surface area contributed by atoms with Crippen LogP contribution in [0.1, 0.15) is 27.2 Å². The first-order chi connectivity index (χ1) is 4.59. The van der Waals surface area contributed by atoms with Gasteiger partial charge in [-0.1, -0.05) is 13.8 Å². The Morgan fingerprint density at radius 3 is 1.90 bits per heavy atom. The molecule has 1 nitrogen and oxygen atoms in total. The number of hydrogen-bond acceptors (Lipinski definition) is 1. The Labute approximate surface area is 62.8 Å². The topological polar surface area (TPSA) is 26.0 Å². The van der Waals surface area contributed by atoms with Gasteiger partial charge in [-0.25, -0.2) is 4.39 Å². The second kappa shape index (κ2) is 4.67. The lowest BCUT2D eigenvalue weighted by molar-refractivity contribution is 0.189. The van der Waals surface area contributed by atoms with E-state index in [1.807, 2.05) is 13.8 Å². The van der Waals surface area contributed by atoms with E-state index in [0.29, 0.717) is 12.5 Å². The van der Waals surface area contributed by atoms with Gasteiger partial charge in [0.05, 0.1) is 0 Å². The van der Waals surface area contributed by atoms with Crippen LogP contribution in [0.5, 0.6) is 0 Å². The van der Waals surface area contributed by atoms with E-state index in [1.165, 1.54) is 0 Å². The molecule has 0 radical (unpaired) electrons. The number of alkyl halides is 1. The summed E-state index contributed by atoms with van der Waals surface area (Å²) in [5, 5.41) is 0. The van der Waals surface area contributed by atoms with E-state index in [1.54, 1.807) is 6.92 Å². The van der Waals surface area contributed by atoms with Crippen molar-refractivity contribution in [2.75, 3.05) is 6.54 Å². The van der Waals surface area contributed by atoms with Crippen LogP contribution in [0.25, 0.3) is 0 Å². The van der Waals surface area contributed by atoms with Gasteiger partial charge in [-0.15, -0.1) is 0 Å². The molecule has 0 aliphatic rings. The zero-order valence-corrected chi connectivity index (χ0v) is 7.10. The zero-order valence-electron chi connectivity index (χ0n) is 7.10. The average molecular weight is 147 g/mol. The van der Waals surface area contributed by atoms with E-state index in [-0.39, 0.29) is 5.92 Å². The Morgan fingerprint density at radius 2 is 1.80 bits per heavy atom. The van der Waals surface area contributed by atoms with Gasteiger partial charge in [-0.2, -0.15) is 0 Å². The highest BCUT2D eigenvalue weighted by molar-refractivity contribution is 4.68. The van der Waals surface area contributed by atoms with Crippen molar-refractivity contribution in [3.63, 3.8) is 0 Å². The predicted octanol–water partition coefficient (Wildman–Crippen LogP) is 1.97. The van der Waals surface area contributed by atoms with Gasteiger partial charge in [0.25, 0.3) is 0 Å². The molecule has 0 fully saturated rings. The second-order valence-electron chi connectivity index (χ2n) is 3.16. The van der Waals surface area contributed by atoms with Crippen LogP contribution < -0.4 is 5.73 Å². The molecule has 10 heavy (non-hydrogen) atoms. The lowest BCUT2D eigenvalue weighted by atomic mass is 9.89. The normalized spacial score (nSPS) is 17.4. The molecule has 0 rings (SSSR count). The Morgan fingerprint density at radius 1 is 1.30 bits per heavy atom. The van der Waals surface area contributed by atoms with Crippen molar-refractivity contribution < 1.29 is 4.39 Å². The third kappa shape index (κ3) is 3.16. The molecule has 0 heterocycles. The van der Waals surface area contributed by atoms with Crippen molar-refractivity contribution in [1.82, 2.24) is 0 Å². The molecule has 2 heteroatoms. The Kier molecular flexibility index (Phi) is 4.62. The molecule has 0 saturated heterocycles. The number of halogens is 1. The highest BCUT2D eigenvalue weighted by atomic mass is 19.1. The van der Waals surface area contributed by atoms with Crippen LogP contribution in [0.4, 0.5) is 4.39 Å². The maximum absolute atomic E-state index is 12.7. The fourth-order valence-electron chi connectivity index (χ4n) is 1.29. The van der Waals surface area contributed by atoms with E-state index in [4.69, 9.17) is 5.73 Å². The summed E-state index contributed by atoms with van der Waals surface area (Å²) in [7, 11) is 0. The first-order valence-electron chi connectivity index (χ1n) is 3.93. The minimum atomic E-state index is -0.719. The lowest BCUT2D eigenvalue weighted by Gasteiger charge is -2.20. The van der Waals surface area contributed by atoms with Gasteiger partial charge >= 0.3 is 0 Å². The summed E-state index contributed by atoms with van der Waals surface area (Å²) in [6.07, 6.45) is 0.0820. The smallest absolute Gasteiger partial charge is 0.100 e. The van der Waals surface area contributed by atoms with Gasteiger partial charge in [0.15, 0.2) is 0 Å². The van der Waals surface area contributed by atoms with Crippen LogP contribution in [0.15, 0.2) is 0 Å². The summed E-state index contributed by atoms with van der Waals surface area (Å²) in [5.41, 5.74) is 5.34. The predicted molar refractivity (Wildman–Crippen MR) is 42.6 cm³/mol.